The molecule has 0 radical (unpaired) electrons. The van der Waals surface area contributed by atoms with Gasteiger partial charge in [-0.2, -0.15) is 0 Å². The molecule has 0 aliphatic rings. The van der Waals surface area contributed by atoms with Crippen molar-refractivity contribution >= 4 is 33.9 Å². The second-order valence-corrected chi connectivity index (χ2v) is 8.86. The van der Waals surface area contributed by atoms with Gasteiger partial charge in [0.1, 0.15) is 0 Å². The van der Waals surface area contributed by atoms with Gasteiger partial charge in [-0.15, -0.1) is 11.3 Å². The zero-order chi connectivity index (χ0) is 14.8. The van der Waals surface area contributed by atoms with E-state index in [1.807, 2.05) is 0 Å². The molecular formula is C16H21IN2S. The molecule has 1 aromatic heterocycles. The Hall–Kier alpha value is -0.430. The number of halogens is 1. The first kappa shape index (κ1) is 15.9. The van der Waals surface area contributed by atoms with E-state index in [0.717, 1.165) is 6.42 Å². The van der Waals surface area contributed by atoms with Gasteiger partial charge in [0.25, 0.3) is 0 Å². The van der Waals surface area contributed by atoms with Crippen LogP contribution in [0.15, 0.2) is 35.7 Å². The summed E-state index contributed by atoms with van der Waals surface area (Å²) >= 11 is 4.10. The monoisotopic (exact) mass is 400 g/mol. The second kappa shape index (κ2) is 6.56. The van der Waals surface area contributed by atoms with Gasteiger partial charge in [0.2, 0.25) is 0 Å². The van der Waals surface area contributed by atoms with Gasteiger partial charge in [0.05, 0.1) is 8.93 Å². The molecule has 0 aliphatic carbocycles. The van der Waals surface area contributed by atoms with E-state index in [2.05, 4.69) is 84.5 Å². The largest absolute Gasteiger partial charge is 0.271 e. The SMILES string of the molecule is CC(C)(C)c1ccc(CC(NN)c2csc(I)c2)cc1. The second-order valence-electron chi connectivity index (χ2n) is 6.05. The molecule has 3 N–H and O–H groups in total. The summed E-state index contributed by atoms with van der Waals surface area (Å²) in [5, 5.41) is 2.18. The Balaban J connectivity index is 2.12. The third kappa shape index (κ3) is 4.04. The Morgan fingerprint density at radius 2 is 1.90 bits per heavy atom. The number of thiophene rings is 1. The molecule has 0 saturated heterocycles. The van der Waals surface area contributed by atoms with Crippen LogP contribution in [-0.4, -0.2) is 0 Å². The lowest BCUT2D eigenvalue weighted by Crippen LogP contribution is -2.29. The Kier molecular flexibility index (Phi) is 5.23. The normalized spacial score (nSPS) is 13.4. The van der Waals surface area contributed by atoms with Crippen molar-refractivity contribution in [1.29, 1.82) is 0 Å². The molecule has 4 heteroatoms. The molecule has 1 heterocycles. The zero-order valence-corrected chi connectivity index (χ0v) is 15.1. The van der Waals surface area contributed by atoms with Crippen molar-refractivity contribution in [1.82, 2.24) is 5.43 Å². The van der Waals surface area contributed by atoms with Crippen molar-refractivity contribution in [2.75, 3.05) is 0 Å². The summed E-state index contributed by atoms with van der Waals surface area (Å²) in [7, 11) is 0. The van der Waals surface area contributed by atoms with Crippen LogP contribution in [0.3, 0.4) is 0 Å². The number of hydrazine groups is 1. The molecule has 0 bridgehead atoms. The molecule has 1 aromatic carbocycles. The van der Waals surface area contributed by atoms with E-state index < -0.39 is 0 Å². The molecular weight excluding hydrogens is 379 g/mol. The minimum absolute atomic E-state index is 0.176. The van der Waals surface area contributed by atoms with Crippen LogP contribution < -0.4 is 11.3 Å². The molecule has 0 spiro atoms. The highest BCUT2D eigenvalue weighted by Gasteiger charge is 2.15. The molecule has 1 unspecified atom stereocenters. The minimum Gasteiger partial charge on any atom is -0.271 e. The standard InChI is InChI=1S/C16H21IN2S/c1-16(2,3)13-6-4-11(5-7-13)8-14(19-18)12-9-15(17)20-10-12/h4-7,9-10,14,19H,8,18H2,1-3H3. The molecule has 2 nitrogen and oxygen atoms in total. The molecule has 1 atom stereocenters. The van der Waals surface area contributed by atoms with Crippen LogP contribution in [0.4, 0.5) is 0 Å². The van der Waals surface area contributed by atoms with Crippen LogP contribution in [-0.2, 0) is 11.8 Å². The van der Waals surface area contributed by atoms with Crippen molar-refractivity contribution in [3.63, 3.8) is 0 Å². The van der Waals surface area contributed by atoms with E-state index in [1.54, 1.807) is 11.3 Å². The summed E-state index contributed by atoms with van der Waals surface area (Å²) in [6.07, 6.45) is 0.910. The molecule has 2 rings (SSSR count). The van der Waals surface area contributed by atoms with E-state index in [0.29, 0.717) is 0 Å². The summed E-state index contributed by atoms with van der Waals surface area (Å²) in [6, 6.07) is 11.2. The van der Waals surface area contributed by atoms with Gasteiger partial charge in [-0.25, -0.2) is 0 Å². The molecule has 0 amide bonds. The Morgan fingerprint density at radius 1 is 1.25 bits per heavy atom. The molecule has 0 saturated carbocycles. The van der Waals surface area contributed by atoms with Gasteiger partial charge in [-0.3, -0.25) is 11.3 Å². The van der Waals surface area contributed by atoms with Crippen molar-refractivity contribution in [3.8, 4) is 0 Å². The summed E-state index contributed by atoms with van der Waals surface area (Å²) in [5.74, 6) is 5.71. The van der Waals surface area contributed by atoms with Crippen molar-refractivity contribution in [3.05, 3.63) is 55.3 Å². The van der Waals surface area contributed by atoms with E-state index in [-0.39, 0.29) is 11.5 Å². The molecule has 0 fully saturated rings. The van der Waals surface area contributed by atoms with Crippen LogP contribution in [0.2, 0.25) is 0 Å². The van der Waals surface area contributed by atoms with E-state index in [9.17, 15) is 0 Å². The molecule has 2 aromatic rings. The zero-order valence-electron chi connectivity index (χ0n) is 12.1. The lowest BCUT2D eigenvalue weighted by atomic mass is 9.86. The smallest absolute Gasteiger partial charge is 0.0656 e. The highest BCUT2D eigenvalue weighted by Crippen LogP contribution is 2.26. The van der Waals surface area contributed by atoms with Crippen LogP contribution in [0.25, 0.3) is 0 Å². The fourth-order valence-corrected chi connectivity index (χ4v) is 3.58. The van der Waals surface area contributed by atoms with Gasteiger partial charge < -0.3 is 0 Å². The minimum atomic E-state index is 0.176. The van der Waals surface area contributed by atoms with Crippen LogP contribution in [0.1, 0.15) is 43.5 Å². The average molecular weight is 400 g/mol. The number of nitrogens with two attached hydrogens (primary N) is 1. The van der Waals surface area contributed by atoms with Gasteiger partial charge in [0.15, 0.2) is 0 Å². The van der Waals surface area contributed by atoms with Gasteiger partial charge >= 0.3 is 0 Å². The van der Waals surface area contributed by atoms with Crippen LogP contribution >= 0.6 is 33.9 Å². The first-order valence-electron chi connectivity index (χ1n) is 6.69. The predicted molar refractivity (Wildman–Crippen MR) is 95.9 cm³/mol. The van der Waals surface area contributed by atoms with Crippen molar-refractivity contribution in [2.24, 2.45) is 5.84 Å². The summed E-state index contributed by atoms with van der Waals surface area (Å²) in [4.78, 5) is 0. The molecule has 20 heavy (non-hydrogen) atoms. The summed E-state index contributed by atoms with van der Waals surface area (Å²) in [6.45, 7) is 6.71. The number of hydrogen-bond acceptors (Lipinski definition) is 3. The first-order chi connectivity index (χ1) is 9.40. The van der Waals surface area contributed by atoms with E-state index >= 15 is 0 Å². The number of nitrogens with one attached hydrogen (secondary N) is 1. The topological polar surface area (TPSA) is 38.0 Å². The number of hydrogen-bond donors (Lipinski definition) is 2. The van der Waals surface area contributed by atoms with Crippen molar-refractivity contribution < 1.29 is 0 Å². The van der Waals surface area contributed by atoms with Gasteiger partial charge in [-0.1, -0.05) is 45.0 Å². The lowest BCUT2D eigenvalue weighted by molar-refractivity contribution is 0.552. The van der Waals surface area contributed by atoms with E-state index in [4.69, 9.17) is 5.84 Å². The number of rotatable bonds is 4. The third-order valence-electron chi connectivity index (χ3n) is 3.45. The van der Waals surface area contributed by atoms with Crippen molar-refractivity contribution in [2.45, 2.75) is 38.6 Å². The third-order valence-corrected chi connectivity index (χ3v) is 5.26. The fraction of sp³-hybridized carbons (Fsp3) is 0.375. The maximum Gasteiger partial charge on any atom is 0.0656 e. The summed E-state index contributed by atoms with van der Waals surface area (Å²) < 4.78 is 1.29. The van der Waals surface area contributed by atoms with Gasteiger partial charge in [-0.05, 0) is 62.6 Å². The Labute approximate surface area is 138 Å². The predicted octanol–water partition coefficient (Wildman–Crippen LogP) is 4.40. The number of benzene rings is 1. The Morgan fingerprint density at radius 3 is 2.35 bits per heavy atom. The summed E-state index contributed by atoms with van der Waals surface area (Å²) in [5.41, 5.74) is 7.07. The maximum atomic E-state index is 5.71. The average Bonchev–Trinajstić information content (AvgIpc) is 2.82. The molecule has 108 valence electrons. The Bertz CT molecular complexity index is 555. The molecule has 0 aliphatic heterocycles. The van der Waals surface area contributed by atoms with Gasteiger partial charge in [0, 0.05) is 0 Å². The lowest BCUT2D eigenvalue weighted by Gasteiger charge is -2.20. The first-order valence-corrected chi connectivity index (χ1v) is 8.65. The fourth-order valence-electron chi connectivity index (χ4n) is 2.16. The van der Waals surface area contributed by atoms with E-state index in [1.165, 1.54) is 19.6 Å². The quantitative estimate of drug-likeness (QED) is 0.454. The highest BCUT2D eigenvalue weighted by molar-refractivity contribution is 14.1. The van der Waals surface area contributed by atoms with Crippen LogP contribution in [0, 0.1) is 2.88 Å². The van der Waals surface area contributed by atoms with Crippen LogP contribution in [0.5, 0.6) is 0 Å². The highest BCUT2D eigenvalue weighted by atomic mass is 127. The maximum absolute atomic E-state index is 5.71.